The van der Waals surface area contributed by atoms with Gasteiger partial charge in [-0.1, -0.05) is 13.8 Å². The normalized spacial score (nSPS) is 41.9. The zero-order chi connectivity index (χ0) is 25.4. The molecule has 1 amide bonds. The highest BCUT2D eigenvalue weighted by Crippen LogP contribution is 2.67. The van der Waals surface area contributed by atoms with Crippen molar-refractivity contribution in [1.29, 1.82) is 0 Å². The van der Waals surface area contributed by atoms with Crippen LogP contribution in [0.1, 0.15) is 112 Å². The summed E-state index contributed by atoms with van der Waals surface area (Å²) in [6, 6.07) is 0.553. The van der Waals surface area contributed by atoms with Crippen LogP contribution in [0.4, 0.5) is 4.79 Å². The van der Waals surface area contributed by atoms with Crippen LogP contribution in [0.2, 0.25) is 0 Å². The largest absolute Gasteiger partial charge is 0.444 e. The van der Waals surface area contributed by atoms with E-state index in [1.807, 2.05) is 20.8 Å². The number of unbranched alkanes of at least 4 members (excludes halogenated alkanes) is 1. The average Bonchev–Trinajstić information content (AvgIpc) is 3.12. The number of alkyl carbamates (subject to hydrolysis) is 1. The summed E-state index contributed by atoms with van der Waals surface area (Å²) in [6.07, 6.45) is 13.3. The zero-order valence-electron chi connectivity index (χ0n) is 23.5. The number of nitrogens with one attached hydrogen (secondary N) is 2. The highest BCUT2D eigenvalue weighted by Gasteiger charge is 2.60. The van der Waals surface area contributed by atoms with Crippen LogP contribution in [0, 0.1) is 40.4 Å². The molecule has 4 fully saturated rings. The Morgan fingerprint density at radius 2 is 1.66 bits per heavy atom. The molecule has 0 spiro atoms. The molecule has 0 aromatic heterocycles. The highest BCUT2D eigenvalue weighted by molar-refractivity contribution is 5.67. The van der Waals surface area contributed by atoms with E-state index in [0.717, 1.165) is 61.8 Å². The molecule has 0 heterocycles. The zero-order valence-corrected chi connectivity index (χ0v) is 23.5. The molecule has 4 rings (SSSR count). The maximum atomic E-state index is 11.8. The second kappa shape index (κ2) is 10.5. The molecule has 0 aliphatic heterocycles. The summed E-state index contributed by atoms with van der Waals surface area (Å²) in [7, 11) is 0. The fraction of sp³-hybridized carbons (Fsp3) is 0.967. The number of aliphatic hydroxyl groups excluding tert-OH is 1. The predicted molar refractivity (Wildman–Crippen MR) is 142 cm³/mol. The lowest BCUT2D eigenvalue weighted by Crippen LogP contribution is -2.55. The molecule has 4 saturated carbocycles. The number of carbonyl (C=O) groups excluding carboxylic acids is 1. The van der Waals surface area contributed by atoms with Gasteiger partial charge < -0.3 is 20.5 Å². The molecule has 0 radical (unpaired) electrons. The monoisotopic (exact) mass is 490 g/mol. The summed E-state index contributed by atoms with van der Waals surface area (Å²) < 4.78 is 5.31. The molecular weight excluding hydrogens is 436 g/mol. The number of rotatable bonds is 7. The Bertz CT molecular complexity index is 736. The van der Waals surface area contributed by atoms with Gasteiger partial charge in [-0.25, -0.2) is 4.79 Å². The van der Waals surface area contributed by atoms with E-state index in [2.05, 4.69) is 31.4 Å². The van der Waals surface area contributed by atoms with Crippen LogP contribution < -0.4 is 10.6 Å². The van der Waals surface area contributed by atoms with Gasteiger partial charge in [0.2, 0.25) is 0 Å². The first kappa shape index (κ1) is 27.2. The summed E-state index contributed by atoms with van der Waals surface area (Å²) in [4.78, 5) is 11.8. The van der Waals surface area contributed by atoms with Crippen LogP contribution in [-0.2, 0) is 4.74 Å². The summed E-state index contributed by atoms with van der Waals surface area (Å²) >= 11 is 0. The van der Waals surface area contributed by atoms with Gasteiger partial charge in [-0.2, -0.15) is 0 Å². The maximum Gasteiger partial charge on any atom is 0.407 e. The van der Waals surface area contributed by atoms with E-state index < -0.39 is 5.60 Å². The molecule has 9 atom stereocenters. The third-order valence-corrected chi connectivity index (χ3v) is 11.1. The lowest BCUT2D eigenvalue weighted by molar-refractivity contribution is -0.127. The number of hydrogen-bond donors (Lipinski definition) is 3. The second-order valence-electron chi connectivity index (χ2n) is 14.2. The third-order valence-electron chi connectivity index (χ3n) is 11.1. The van der Waals surface area contributed by atoms with Gasteiger partial charge in [0.1, 0.15) is 5.60 Å². The van der Waals surface area contributed by atoms with E-state index in [-0.39, 0.29) is 12.2 Å². The topological polar surface area (TPSA) is 70.6 Å². The number of carbonyl (C=O) groups is 1. The van der Waals surface area contributed by atoms with E-state index >= 15 is 0 Å². The van der Waals surface area contributed by atoms with Gasteiger partial charge in [0.25, 0.3) is 0 Å². The standard InChI is InChI=1S/C30H54N2O3/c1-20(31-17-7-8-18-32-27(34)35-28(2,3)4)24-11-12-25-23-10-9-21-19-22(33)13-15-29(21,5)26(23)14-16-30(24,25)6/h20-26,31,33H,7-19H2,1-6H3,(H,32,34). The van der Waals surface area contributed by atoms with Crippen molar-refractivity contribution in [2.45, 2.75) is 130 Å². The van der Waals surface area contributed by atoms with Crippen LogP contribution in [0.25, 0.3) is 0 Å². The molecule has 3 N–H and O–H groups in total. The van der Waals surface area contributed by atoms with Gasteiger partial charge in [-0.15, -0.1) is 0 Å². The van der Waals surface area contributed by atoms with Crippen LogP contribution in [0.15, 0.2) is 0 Å². The molecule has 35 heavy (non-hydrogen) atoms. The Labute approximate surface area is 214 Å². The number of amides is 1. The fourth-order valence-electron chi connectivity index (χ4n) is 9.32. The van der Waals surface area contributed by atoms with E-state index in [4.69, 9.17) is 4.74 Å². The lowest BCUT2D eigenvalue weighted by atomic mass is 9.44. The number of hydrogen-bond acceptors (Lipinski definition) is 4. The van der Waals surface area contributed by atoms with Crippen molar-refractivity contribution in [3.63, 3.8) is 0 Å². The molecule has 0 aromatic carbocycles. The molecule has 5 nitrogen and oxygen atoms in total. The fourth-order valence-corrected chi connectivity index (χ4v) is 9.32. The molecule has 4 aliphatic rings. The van der Waals surface area contributed by atoms with Gasteiger partial charge in [0.05, 0.1) is 6.10 Å². The van der Waals surface area contributed by atoms with Gasteiger partial charge in [-0.05, 0) is 145 Å². The molecule has 9 unspecified atom stereocenters. The van der Waals surface area contributed by atoms with Crippen molar-refractivity contribution in [1.82, 2.24) is 10.6 Å². The molecule has 202 valence electrons. The van der Waals surface area contributed by atoms with Crippen molar-refractivity contribution >= 4 is 6.09 Å². The van der Waals surface area contributed by atoms with Crippen molar-refractivity contribution in [2.75, 3.05) is 13.1 Å². The number of fused-ring (bicyclic) bond motifs is 5. The first-order valence-corrected chi connectivity index (χ1v) is 14.8. The van der Waals surface area contributed by atoms with Crippen molar-refractivity contribution < 1.29 is 14.6 Å². The van der Waals surface area contributed by atoms with E-state index in [9.17, 15) is 9.90 Å². The van der Waals surface area contributed by atoms with Crippen LogP contribution in [0.5, 0.6) is 0 Å². The van der Waals surface area contributed by atoms with Crippen molar-refractivity contribution in [2.24, 2.45) is 40.4 Å². The summed E-state index contributed by atoms with van der Waals surface area (Å²) in [5.74, 6) is 4.19. The third kappa shape index (κ3) is 5.71. The number of aliphatic hydroxyl groups is 1. The Morgan fingerprint density at radius 1 is 0.971 bits per heavy atom. The minimum Gasteiger partial charge on any atom is -0.444 e. The van der Waals surface area contributed by atoms with E-state index in [1.54, 1.807) is 0 Å². The Kier molecular flexibility index (Phi) is 8.18. The maximum absolute atomic E-state index is 11.8. The van der Waals surface area contributed by atoms with Crippen LogP contribution >= 0.6 is 0 Å². The van der Waals surface area contributed by atoms with E-state index in [1.165, 1.54) is 44.9 Å². The Morgan fingerprint density at radius 3 is 2.40 bits per heavy atom. The van der Waals surface area contributed by atoms with Crippen LogP contribution in [-0.4, -0.2) is 42.0 Å². The van der Waals surface area contributed by atoms with Gasteiger partial charge in [-0.3, -0.25) is 0 Å². The van der Waals surface area contributed by atoms with Crippen molar-refractivity contribution in [3.8, 4) is 0 Å². The number of ether oxygens (including phenoxy) is 1. The molecule has 0 aromatic rings. The molecular formula is C30H54N2O3. The molecule has 5 heteroatoms. The Balaban J connectivity index is 1.25. The molecule has 0 saturated heterocycles. The highest BCUT2D eigenvalue weighted by atomic mass is 16.6. The smallest absolute Gasteiger partial charge is 0.407 e. The first-order valence-electron chi connectivity index (χ1n) is 14.8. The summed E-state index contributed by atoms with van der Waals surface area (Å²) in [5.41, 5.74) is 0.507. The molecule has 4 aliphatic carbocycles. The second-order valence-corrected chi connectivity index (χ2v) is 14.2. The first-order chi connectivity index (χ1) is 16.4. The summed E-state index contributed by atoms with van der Waals surface area (Å²) in [6.45, 7) is 15.0. The Hall–Kier alpha value is -0.810. The van der Waals surface area contributed by atoms with Gasteiger partial charge >= 0.3 is 6.09 Å². The summed E-state index contributed by atoms with van der Waals surface area (Å²) in [5, 5.41) is 17.0. The minimum absolute atomic E-state index is 0.0469. The lowest BCUT2D eigenvalue weighted by Gasteiger charge is -2.61. The SMILES string of the molecule is CC(NCCCCNC(=O)OC(C)(C)C)C1CCC2C3CCC4CC(O)CCC4(C)C3CCC12C. The van der Waals surface area contributed by atoms with Crippen LogP contribution in [0.3, 0.4) is 0 Å². The van der Waals surface area contributed by atoms with Gasteiger partial charge in [0.15, 0.2) is 0 Å². The van der Waals surface area contributed by atoms with Gasteiger partial charge in [0, 0.05) is 12.6 Å². The molecule has 0 bridgehead atoms. The predicted octanol–water partition coefficient (Wildman–Crippen LogP) is 6.29. The van der Waals surface area contributed by atoms with E-state index in [0.29, 0.717) is 23.4 Å². The average molecular weight is 491 g/mol. The minimum atomic E-state index is -0.439. The van der Waals surface area contributed by atoms with Crippen molar-refractivity contribution in [3.05, 3.63) is 0 Å². The quantitative estimate of drug-likeness (QED) is 0.367.